The second kappa shape index (κ2) is 9.18. The van der Waals surface area contributed by atoms with E-state index in [2.05, 4.69) is 37.5 Å². The Morgan fingerprint density at radius 1 is 0.926 bits per heavy atom. The molecule has 1 atom stereocenters. The van der Waals surface area contributed by atoms with Gasteiger partial charge in [0.25, 0.3) is 0 Å². The Morgan fingerprint density at radius 3 is 2.33 bits per heavy atom. The van der Waals surface area contributed by atoms with Gasteiger partial charge in [-0.1, -0.05) is 69.4 Å². The molecule has 0 amide bonds. The summed E-state index contributed by atoms with van der Waals surface area (Å²) >= 11 is 0. The van der Waals surface area contributed by atoms with Gasteiger partial charge in [-0.3, -0.25) is 0 Å². The lowest BCUT2D eigenvalue weighted by Crippen LogP contribution is -2.10. The number of imidazole rings is 1. The maximum Gasteiger partial charge on any atom is 0.143 e. The highest BCUT2D eigenvalue weighted by Gasteiger charge is 2.20. The van der Waals surface area contributed by atoms with E-state index in [1.165, 1.54) is 43.2 Å². The van der Waals surface area contributed by atoms with Crippen molar-refractivity contribution in [2.45, 2.75) is 71.9 Å². The highest BCUT2D eigenvalue weighted by atomic mass is 16.3. The van der Waals surface area contributed by atoms with Gasteiger partial charge < -0.3 is 9.67 Å². The van der Waals surface area contributed by atoms with Crippen LogP contribution in [0.3, 0.4) is 0 Å². The standard InChI is InChI=1S/C24H32N2O/c1-4-5-6-7-8-12-15-26-22-17-19(3)18(2)16-21(22)25-24(26)23(27)20-13-10-9-11-14-20/h9-11,13-14,16-17,23,27H,4-8,12,15H2,1-3H3. The van der Waals surface area contributed by atoms with E-state index in [1.807, 2.05) is 30.3 Å². The molecule has 1 aromatic heterocycles. The van der Waals surface area contributed by atoms with Crippen molar-refractivity contribution in [3.8, 4) is 0 Å². The van der Waals surface area contributed by atoms with Crippen molar-refractivity contribution in [3.05, 3.63) is 65.0 Å². The molecule has 0 radical (unpaired) electrons. The van der Waals surface area contributed by atoms with Gasteiger partial charge in [-0.05, 0) is 49.1 Å². The second-order valence-electron chi connectivity index (χ2n) is 7.63. The van der Waals surface area contributed by atoms with Gasteiger partial charge in [0.1, 0.15) is 11.9 Å². The normalized spacial score (nSPS) is 12.6. The number of unbranched alkanes of at least 4 members (excludes halogenated alkanes) is 5. The molecule has 27 heavy (non-hydrogen) atoms. The average molecular weight is 365 g/mol. The van der Waals surface area contributed by atoms with E-state index in [-0.39, 0.29) is 0 Å². The molecular formula is C24H32N2O. The molecule has 1 N–H and O–H groups in total. The number of nitrogens with zero attached hydrogens (tertiary/aromatic N) is 2. The summed E-state index contributed by atoms with van der Waals surface area (Å²) in [5.41, 5.74) is 5.52. The molecule has 3 nitrogen and oxygen atoms in total. The zero-order valence-corrected chi connectivity index (χ0v) is 16.9. The SMILES string of the molecule is CCCCCCCCn1c(C(O)c2ccccc2)nc2cc(C)c(C)cc21. The smallest absolute Gasteiger partial charge is 0.143 e. The monoisotopic (exact) mass is 364 g/mol. The van der Waals surface area contributed by atoms with Gasteiger partial charge in [0.05, 0.1) is 11.0 Å². The number of fused-ring (bicyclic) bond motifs is 1. The fourth-order valence-corrected chi connectivity index (χ4v) is 3.68. The lowest BCUT2D eigenvalue weighted by molar-refractivity contribution is 0.204. The highest BCUT2D eigenvalue weighted by molar-refractivity contribution is 5.78. The minimum absolute atomic E-state index is 0.695. The van der Waals surface area contributed by atoms with E-state index in [0.717, 1.165) is 35.4 Å². The number of hydrogen-bond acceptors (Lipinski definition) is 2. The first-order chi connectivity index (χ1) is 13.1. The summed E-state index contributed by atoms with van der Waals surface area (Å²) in [6.07, 6.45) is 6.86. The first-order valence-electron chi connectivity index (χ1n) is 10.3. The van der Waals surface area contributed by atoms with Crippen molar-refractivity contribution in [1.29, 1.82) is 0 Å². The van der Waals surface area contributed by atoms with Gasteiger partial charge in [-0.15, -0.1) is 0 Å². The lowest BCUT2D eigenvalue weighted by Gasteiger charge is -2.14. The Kier molecular flexibility index (Phi) is 6.68. The molecule has 3 rings (SSSR count). The van der Waals surface area contributed by atoms with Crippen LogP contribution in [0, 0.1) is 13.8 Å². The van der Waals surface area contributed by atoms with E-state index in [1.54, 1.807) is 0 Å². The van der Waals surface area contributed by atoms with Crippen molar-refractivity contribution >= 4 is 11.0 Å². The number of aromatic nitrogens is 2. The van der Waals surface area contributed by atoms with Crippen LogP contribution in [-0.4, -0.2) is 14.7 Å². The van der Waals surface area contributed by atoms with Crippen LogP contribution in [0.15, 0.2) is 42.5 Å². The molecule has 0 saturated carbocycles. The van der Waals surface area contributed by atoms with Crippen molar-refractivity contribution < 1.29 is 5.11 Å². The van der Waals surface area contributed by atoms with E-state index >= 15 is 0 Å². The molecule has 1 heterocycles. The maximum absolute atomic E-state index is 11.0. The summed E-state index contributed by atoms with van der Waals surface area (Å²) in [4.78, 5) is 4.83. The summed E-state index contributed by atoms with van der Waals surface area (Å²) in [5, 5.41) is 11.0. The summed E-state index contributed by atoms with van der Waals surface area (Å²) in [7, 11) is 0. The second-order valence-corrected chi connectivity index (χ2v) is 7.63. The first-order valence-corrected chi connectivity index (χ1v) is 10.3. The minimum atomic E-state index is -0.695. The minimum Gasteiger partial charge on any atom is -0.380 e. The lowest BCUT2D eigenvalue weighted by atomic mass is 10.1. The predicted molar refractivity (Wildman–Crippen MR) is 113 cm³/mol. The van der Waals surface area contributed by atoms with E-state index in [4.69, 9.17) is 4.98 Å². The Hall–Kier alpha value is -2.13. The molecular weight excluding hydrogens is 332 g/mol. The molecule has 0 spiro atoms. The molecule has 3 heteroatoms. The van der Waals surface area contributed by atoms with Crippen LogP contribution in [0.1, 0.15) is 74.1 Å². The maximum atomic E-state index is 11.0. The third-order valence-electron chi connectivity index (χ3n) is 5.49. The molecule has 0 fully saturated rings. The van der Waals surface area contributed by atoms with E-state index in [9.17, 15) is 5.11 Å². The van der Waals surface area contributed by atoms with Crippen molar-refractivity contribution in [1.82, 2.24) is 9.55 Å². The van der Waals surface area contributed by atoms with Crippen LogP contribution >= 0.6 is 0 Å². The summed E-state index contributed by atoms with van der Waals surface area (Å²) < 4.78 is 2.24. The zero-order valence-electron chi connectivity index (χ0n) is 16.9. The van der Waals surface area contributed by atoms with Crippen molar-refractivity contribution in [2.75, 3.05) is 0 Å². The van der Waals surface area contributed by atoms with E-state index in [0.29, 0.717) is 0 Å². The first kappa shape index (κ1) is 19.6. The van der Waals surface area contributed by atoms with Gasteiger partial charge in [0, 0.05) is 6.54 Å². The Balaban J connectivity index is 1.89. The van der Waals surface area contributed by atoms with Gasteiger partial charge in [-0.2, -0.15) is 0 Å². The van der Waals surface area contributed by atoms with E-state index < -0.39 is 6.10 Å². The number of hydrogen-bond donors (Lipinski definition) is 1. The number of aliphatic hydroxyl groups is 1. The van der Waals surface area contributed by atoms with Crippen LogP contribution in [0.2, 0.25) is 0 Å². The van der Waals surface area contributed by atoms with Crippen LogP contribution < -0.4 is 0 Å². The molecule has 2 aromatic carbocycles. The van der Waals surface area contributed by atoms with Gasteiger partial charge in [0.15, 0.2) is 0 Å². The number of rotatable bonds is 9. The molecule has 1 unspecified atom stereocenters. The number of aliphatic hydroxyl groups excluding tert-OH is 1. The Bertz CT molecular complexity index is 867. The van der Waals surface area contributed by atoms with Gasteiger partial charge in [0.2, 0.25) is 0 Å². The average Bonchev–Trinajstić information content (AvgIpc) is 3.02. The summed E-state index contributed by atoms with van der Waals surface area (Å²) in [6.45, 7) is 7.42. The number of aryl methyl sites for hydroxylation is 3. The van der Waals surface area contributed by atoms with Crippen LogP contribution in [0.5, 0.6) is 0 Å². The van der Waals surface area contributed by atoms with Crippen molar-refractivity contribution in [2.24, 2.45) is 0 Å². The van der Waals surface area contributed by atoms with Crippen LogP contribution in [-0.2, 0) is 6.54 Å². The summed E-state index contributed by atoms with van der Waals surface area (Å²) in [6, 6.07) is 14.2. The third-order valence-corrected chi connectivity index (χ3v) is 5.49. The van der Waals surface area contributed by atoms with Gasteiger partial charge >= 0.3 is 0 Å². The molecule has 0 bridgehead atoms. The van der Waals surface area contributed by atoms with Crippen molar-refractivity contribution in [3.63, 3.8) is 0 Å². The molecule has 0 aliphatic heterocycles. The van der Waals surface area contributed by atoms with Crippen LogP contribution in [0.25, 0.3) is 11.0 Å². The van der Waals surface area contributed by atoms with Gasteiger partial charge in [-0.25, -0.2) is 4.98 Å². The Morgan fingerprint density at radius 2 is 1.59 bits per heavy atom. The molecule has 0 saturated heterocycles. The topological polar surface area (TPSA) is 38.0 Å². The fourth-order valence-electron chi connectivity index (χ4n) is 3.68. The quantitative estimate of drug-likeness (QED) is 0.466. The zero-order chi connectivity index (χ0) is 19.2. The summed E-state index contributed by atoms with van der Waals surface area (Å²) in [5.74, 6) is 0.759. The largest absolute Gasteiger partial charge is 0.380 e. The number of benzene rings is 2. The highest BCUT2D eigenvalue weighted by Crippen LogP contribution is 2.28. The van der Waals surface area contributed by atoms with Crippen LogP contribution in [0.4, 0.5) is 0 Å². The molecule has 144 valence electrons. The third kappa shape index (κ3) is 4.59. The molecule has 3 aromatic rings. The molecule has 0 aliphatic rings. The Labute approximate surface area is 163 Å². The molecule has 0 aliphatic carbocycles. The predicted octanol–water partition coefficient (Wildman–Crippen LogP) is 6.10. The fraction of sp³-hybridized carbons (Fsp3) is 0.458.